The van der Waals surface area contributed by atoms with Gasteiger partial charge in [0.2, 0.25) is 0 Å². The lowest BCUT2D eigenvalue weighted by molar-refractivity contribution is 0.0303. The zero-order valence-corrected chi connectivity index (χ0v) is 25.2. The van der Waals surface area contributed by atoms with Crippen LogP contribution in [0.4, 0.5) is 11.5 Å². The van der Waals surface area contributed by atoms with E-state index in [9.17, 15) is 19.6 Å². The summed E-state index contributed by atoms with van der Waals surface area (Å²) in [6.45, 7) is 8.45. The fourth-order valence-electron chi connectivity index (χ4n) is 5.29. The Bertz CT molecular complexity index is 2030. The Morgan fingerprint density at radius 2 is 1.78 bits per heavy atom. The molecule has 5 aromatic rings. The number of nitrogens with zero attached hydrogens (tertiary/aromatic N) is 6. The number of benzene rings is 3. The summed E-state index contributed by atoms with van der Waals surface area (Å²) >= 11 is 0. The van der Waals surface area contributed by atoms with Crippen molar-refractivity contribution in [3.63, 3.8) is 0 Å². The number of morpholine rings is 1. The molecule has 45 heavy (non-hydrogen) atoms. The number of carbonyl (C=O) groups is 2. The lowest BCUT2D eigenvalue weighted by atomic mass is 9.86. The van der Waals surface area contributed by atoms with Crippen LogP contribution < -0.4 is 10.9 Å². The number of amides is 1. The second-order valence-corrected chi connectivity index (χ2v) is 11.8. The molecule has 0 aliphatic carbocycles. The Morgan fingerprint density at radius 3 is 2.47 bits per heavy atom. The minimum Gasteiger partial charge on any atom is -0.378 e. The molecule has 3 aromatic carbocycles. The zero-order chi connectivity index (χ0) is 31.7. The lowest BCUT2D eigenvalue weighted by Gasteiger charge is -2.26. The summed E-state index contributed by atoms with van der Waals surface area (Å²) in [7, 11) is 0. The molecule has 0 unspecified atom stereocenters. The van der Waals surface area contributed by atoms with Crippen LogP contribution in [0.2, 0.25) is 0 Å². The van der Waals surface area contributed by atoms with Crippen molar-refractivity contribution in [3.8, 4) is 17.4 Å². The van der Waals surface area contributed by atoms with Crippen molar-refractivity contribution < 1.29 is 14.3 Å². The van der Waals surface area contributed by atoms with Gasteiger partial charge in [-0.3, -0.25) is 14.4 Å². The minimum absolute atomic E-state index is 0.0669. The number of ether oxygens (including phenoxy) is 1. The summed E-state index contributed by atoms with van der Waals surface area (Å²) in [6.07, 6.45) is 3.78. The maximum absolute atomic E-state index is 13.5. The molecule has 1 saturated heterocycles. The van der Waals surface area contributed by atoms with Gasteiger partial charge in [-0.2, -0.15) is 15.0 Å². The first-order valence-electron chi connectivity index (χ1n) is 14.5. The molecule has 1 amide bonds. The van der Waals surface area contributed by atoms with Crippen molar-refractivity contribution in [2.45, 2.75) is 26.2 Å². The van der Waals surface area contributed by atoms with Gasteiger partial charge >= 0.3 is 0 Å². The summed E-state index contributed by atoms with van der Waals surface area (Å²) in [5.41, 5.74) is 2.89. The third-order valence-corrected chi connectivity index (χ3v) is 7.83. The van der Waals surface area contributed by atoms with E-state index in [0.29, 0.717) is 66.0 Å². The van der Waals surface area contributed by atoms with Crippen LogP contribution in [0, 0.1) is 11.3 Å². The van der Waals surface area contributed by atoms with Crippen molar-refractivity contribution in [2.75, 3.05) is 31.6 Å². The largest absolute Gasteiger partial charge is 0.378 e. The van der Waals surface area contributed by atoms with Gasteiger partial charge in [0.25, 0.3) is 11.5 Å². The van der Waals surface area contributed by atoms with E-state index in [2.05, 4.69) is 42.4 Å². The maximum atomic E-state index is 13.5. The van der Waals surface area contributed by atoms with E-state index >= 15 is 0 Å². The topological polar surface area (TPSA) is 135 Å². The van der Waals surface area contributed by atoms with Gasteiger partial charge in [0.05, 0.1) is 47.9 Å². The number of aldehydes is 1. The highest BCUT2D eigenvalue weighted by Crippen LogP contribution is 2.27. The molecule has 0 radical (unpaired) electrons. The van der Waals surface area contributed by atoms with Gasteiger partial charge in [-0.15, -0.1) is 5.10 Å². The predicted octanol–water partition coefficient (Wildman–Crippen LogP) is 4.77. The molecule has 3 heterocycles. The van der Waals surface area contributed by atoms with Crippen LogP contribution in [0.3, 0.4) is 0 Å². The molecule has 0 atom stereocenters. The molecule has 1 fully saturated rings. The van der Waals surface area contributed by atoms with Crippen LogP contribution in [-0.4, -0.2) is 63.0 Å². The van der Waals surface area contributed by atoms with Crippen LogP contribution in [0.25, 0.3) is 22.1 Å². The Balaban J connectivity index is 1.31. The van der Waals surface area contributed by atoms with Gasteiger partial charge in [-0.25, -0.2) is 4.68 Å². The van der Waals surface area contributed by atoms with E-state index in [4.69, 9.17) is 4.74 Å². The highest BCUT2D eigenvalue weighted by molar-refractivity contribution is 5.94. The third-order valence-electron chi connectivity index (χ3n) is 7.83. The van der Waals surface area contributed by atoms with Crippen LogP contribution in [-0.2, 0) is 10.2 Å². The van der Waals surface area contributed by atoms with Gasteiger partial charge in [-0.1, -0.05) is 32.9 Å². The molecule has 1 aliphatic heterocycles. The number of rotatable bonds is 6. The zero-order valence-electron chi connectivity index (χ0n) is 25.2. The van der Waals surface area contributed by atoms with Gasteiger partial charge in [0, 0.05) is 29.7 Å². The Labute approximate surface area is 259 Å². The minimum atomic E-state index is -0.357. The van der Waals surface area contributed by atoms with Crippen LogP contribution in [0.5, 0.6) is 0 Å². The first kappa shape index (κ1) is 29.5. The number of anilines is 2. The average Bonchev–Trinajstić information content (AvgIpc) is 3.47. The molecule has 226 valence electrons. The first-order valence-corrected chi connectivity index (χ1v) is 14.5. The molecule has 0 saturated carbocycles. The smallest absolute Gasteiger partial charge is 0.279 e. The molecule has 6 rings (SSSR count). The number of hydrogen-bond acceptors (Lipinski definition) is 8. The predicted molar refractivity (Wildman–Crippen MR) is 170 cm³/mol. The number of hydrogen-bond donors (Lipinski definition) is 1. The molecule has 0 bridgehead atoms. The van der Waals surface area contributed by atoms with Gasteiger partial charge in [0.15, 0.2) is 12.1 Å². The number of carbonyl (C=O) groups excluding carboxylic acids is 2. The Morgan fingerprint density at radius 1 is 1.04 bits per heavy atom. The first-order chi connectivity index (χ1) is 21.7. The second-order valence-electron chi connectivity index (χ2n) is 11.8. The number of nitriles is 1. The quantitative estimate of drug-likeness (QED) is 0.275. The maximum Gasteiger partial charge on any atom is 0.279 e. The van der Waals surface area contributed by atoms with E-state index in [0.717, 1.165) is 5.56 Å². The molecule has 0 spiro atoms. The van der Waals surface area contributed by atoms with Gasteiger partial charge < -0.3 is 15.0 Å². The monoisotopic (exact) mass is 601 g/mol. The highest BCUT2D eigenvalue weighted by Gasteiger charge is 2.21. The van der Waals surface area contributed by atoms with E-state index < -0.39 is 0 Å². The Hall–Kier alpha value is -5.60. The lowest BCUT2D eigenvalue weighted by Crippen LogP contribution is -2.40. The molecular weight excluding hydrogens is 570 g/mol. The summed E-state index contributed by atoms with van der Waals surface area (Å²) in [5.74, 6) is 0.199. The average molecular weight is 602 g/mol. The second kappa shape index (κ2) is 11.8. The molecular formula is C34H31N7O4. The van der Waals surface area contributed by atoms with E-state index in [1.807, 2.05) is 12.1 Å². The van der Waals surface area contributed by atoms with Gasteiger partial charge in [0.1, 0.15) is 11.6 Å². The van der Waals surface area contributed by atoms with E-state index in [-0.39, 0.29) is 33.8 Å². The molecule has 11 heteroatoms. The van der Waals surface area contributed by atoms with Crippen LogP contribution in [0.15, 0.2) is 77.9 Å². The number of nitrogens with one attached hydrogen (secondary N) is 1. The SMILES string of the molecule is CC(C)(C)c1ccc2c(=O)n(-c3cccc(-n4cc(C#N)c(Nc5ccc(C(=O)N6CCOCC6)cc5)n4)c3C=O)ncc2c1. The summed E-state index contributed by atoms with van der Waals surface area (Å²) < 4.78 is 7.96. The third kappa shape index (κ3) is 5.71. The highest BCUT2D eigenvalue weighted by atomic mass is 16.5. The fraction of sp³-hybridized carbons (Fsp3) is 0.235. The number of fused-ring (bicyclic) bond motifs is 1. The molecule has 11 nitrogen and oxygen atoms in total. The summed E-state index contributed by atoms with van der Waals surface area (Å²) in [5, 5.41) is 23.1. The normalized spacial score (nSPS) is 13.4. The summed E-state index contributed by atoms with van der Waals surface area (Å²) in [6, 6.07) is 19.8. The standard InChI is InChI=1S/C34H31N7O4/c1-34(2,3)25-9-12-27-23(17-25)19-36-41(33(27)44)30-6-4-5-29(28(30)21-42)40-20-24(18-35)31(38-40)37-26-10-7-22(8-11-26)32(43)39-13-15-45-16-14-39/h4-12,17,19-21H,13-16H2,1-3H3,(H,37,38). The number of aromatic nitrogens is 4. The van der Waals surface area contributed by atoms with Crippen LogP contribution >= 0.6 is 0 Å². The molecule has 2 aromatic heterocycles. The van der Waals surface area contributed by atoms with Crippen LogP contribution in [0.1, 0.15) is 52.6 Å². The fourth-order valence-corrected chi connectivity index (χ4v) is 5.29. The molecule has 1 aliphatic rings. The van der Waals surface area contributed by atoms with Crippen molar-refractivity contribution in [1.29, 1.82) is 5.26 Å². The van der Waals surface area contributed by atoms with Gasteiger partial charge in [-0.05, 0) is 59.5 Å². The van der Waals surface area contributed by atoms with Crippen molar-refractivity contribution in [3.05, 3.63) is 106 Å². The van der Waals surface area contributed by atoms with Crippen molar-refractivity contribution in [2.24, 2.45) is 0 Å². The van der Waals surface area contributed by atoms with E-state index in [1.165, 1.54) is 15.6 Å². The van der Waals surface area contributed by atoms with E-state index in [1.54, 1.807) is 59.6 Å². The summed E-state index contributed by atoms with van der Waals surface area (Å²) in [4.78, 5) is 40.6. The Kier molecular flexibility index (Phi) is 7.74. The van der Waals surface area contributed by atoms with Crippen molar-refractivity contribution in [1.82, 2.24) is 24.5 Å². The van der Waals surface area contributed by atoms with Crippen molar-refractivity contribution >= 4 is 34.5 Å². The molecule has 1 N–H and O–H groups in total.